The number of aryl methyl sites for hydroxylation is 1. The third kappa shape index (κ3) is 2.13. The van der Waals surface area contributed by atoms with Crippen molar-refractivity contribution in [2.75, 3.05) is 0 Å². The lowest BCUT2D eigenvalue weighted by Gasteiger charge is -2.06. The third-order valence-electron chi connectivity index (χ3n) is 2.15. The Labute approximate surface area is 105 Å². The summed E-state index contributed by atoms with van der Waals surface area (Å²) in [6.07, 6.45) is 1.65. The molecule has 0 aromatic carbocycles. The molecule has 0 aliphatic heterocycles. The molecule has 2 rings (SSSR count). The predicted octanol–water partition coefficient (Wildman–Crippen LogP) is 4.11. The molecule has 15 heavy (non-hydrogen) atoms. The van der Waals surface area contributed by atoms with Crippen LogP contribution in [0.1, 0.15) is 22.2 Å². The standard InChI is InChI=1S/C10H9BrClNOS/c1-5-2-3-14-9(5)8(13)7-4-6(12)10(11)15-7/h2-4,8H,13H2,1H3. The molecule has 0 radical (unpaired) electrons. The minimum absolute atomic E-state index is 0.242. The van der Waals surface area contributed by atoms with E-state index >= 15 is 0 Å². The molecule has 0 aliphatic rings. The van der Waals surface area contributed by atoms with E-state index in [1.54, 1.807) is 6.26 Å². The first-order valence-electron chi connectivity index (χ1n) is 4.34. The molecule has 2 heterocycles. The van der Waals surface area contributed by atoms with Crippen LogP contribution in [0, 0.1) is 6.92 Å². The van der Waals surface area contributed by atoms with Crippen molar-refractivity contribution < 1.29 is 4.42 Å². The number of hydrogen-bond donors (Lipinski definition) is 1. The Hall–Kier alpha value is -0.290. The summed E-state index contributed by atoms with van der Waals surface area (Å²) >= 11 is 10.8. The van der Waals surface area contributed by atoms with Crippen LogP contribution in [-0.2, 0) is 0 Å². The number of thiophene rings is 1. The van der Waals surface area contributed by atoms with Gasteiger partial charge in [-0.2, -0.15) is 0 Å². The van der Waals surface area contributed by atoms with Crippen LogP contribution in [0.4, 0.5) is 0 Å². The Morgan fingerprint density at radius 1 is 1.60 bits per heavy atom. The molecule has 2 aromatic heterocycles. The zero-order valence-corrected chi connectivity index (χ0v) is 11.1. The molecule has 0 saturated carbocycles. The van der Waals surface area contributed by atoms with E-state index in [0.29, 0.717) is 5.02 Å². The molecule has 2 aromatic rings. The number of rotatable bonds is 2. The van der Waals surface area contributed by atoms with Gasteiger partial charge in [-0.1, -0.05) is 11.6 Å². The molecule has 2 nitrogen and oxygen atoms in total. The second-order valence-corrected chi connectivity index (χ2v) is 6.02. The van der Waals surface area contributed by atoms with Gasteiger partial charge < -0.3 is 10.2 Å². The maximum absolute atomic E-state index is 6.08. The highest BCUT2D eigenvalue weighted by Gasteiger charge is 2.18. The second-order valence-electron chi connectivity index (χ2n) is 3.22. The van der Waals surface area contributed by atoms with Gasteiger partial charge in [0, 0.05) is 4.88 Å². The van der Waals surface area contributed by atoms with Crippen LogP contribution in [-0.4, -0.2) is 0 Å². The average molecular weight is 307 g/mol. The maximum Gasteiger partial charge on any atom is 0.128 e. The topological polar surface area (TPSA) is 39.2 Å². The fraction of sp³-hybridized carbons (Fsp3) is 0.200. The van der Waals surface area contributed by atoms with Gasteiger partial charge in [0.05, 0.1) is 21.1 Å². The van der Waals surface area contributed by atoms with Crippen molar-refractivity contribution in [2.24, 2.45) is 5.73 Å². The lowest BCUT2D eigenvalue weighted by Crippen LogP contribution is -2.10. The quantitative estimate of drug-likeness (QED) is 0.906. The molecule has 1 unspecified atom stereocenters. The van der Waals surface area contributed by atoms with Gasteiger partial charge in [0.2, 0.25) is 0 Å². The zero-order chi connectivity index (χ0) is 11.0. The summed E-state index contributed by atoms with van der Waals surface area (Å²) in [4.78, 5) is 0.991. The molecule has 0 spiro atoms. The fourth-order valence-electron chi connectivity index (χ4n) is 1.35. The monoisotopic (exact) mass is 305 g/mol. The molecule has 80 valence electrons. The molecule has 0 amide bonds. The largest absolute Gasteiger partial charge is 0.467 e. The Bertz CT molecular complexity index is 460. The van der Waals surface area contributed by atoms with Crippen molar-refractivity contribution in [2.45, 2.75) is 13.0 Å². The van der Waals surface area contributed by atoms with Gasteiger partial charge in [-0.25, -0.2) is 0 Å². The van der Waals surface area contributed by atoms with Crippen molar-refractivity contribution in [1.82, 2.24) is 0 Å². The normalized spacial score (nSPS) is 13.1. The van der Waals surface area contributed by atoms with E-state index in [-0.39, 0.29) is 6.04 Å². The first kappa shape index (κ1) is 11.2. The average Bonchev–Trinajstić information content (AvgIpc) is 2.74. The molecule has 0 bridgehead atoms. The Kier molecular flexibility index (Phi) is 3.21. The van der Waals surface area contributed by atoms with E-state index in [9.17, 15) is 0 Å². The van der Waals surface area contributed by atoms with Crippen LogP contribution < -0.4 is 5.73 Å². The van der Waals surface area contributed by atoms with Gasteiger partial charge in [-0.15, -0.1) is 11.3 Å². The Balaban J connectivity index is 2.36. The van der Waals surface area contributed by atoms with E-state index in [0.717, 1.165) is 20.0 Å². The minimum Gasteiger partial charge on any atom is -0.467 e. The van der Waals surface area contributed by atoms with Gasteiger partial charge in [0.25, 0.3) is 0 Å². The minimum atomic E-state index is -0.242. The van der Waals surface area contributed by atoms with Gasteiger partial charge in [-0.05, 0) is 40.5 Å². The first-order valence-corrected chi connectivity index (χ1v) is 6.32. The summed E-state index contributed by atoms with van der Waals surface area (Å²) in [7, 11) is 0. The van der Waals surface area contributed by atoms with Crippen LogP contribution >= 0.6 is 38.9 Å². The molecule has 2 N–H and O–H groups in total. The summed E-state index contributed by atoms with van der Waals surface area (Å²) in [6.45, 7) is 1.98. The van der Waals surface area contributed by atoms with Crippen molar-refractivity contribution in [3.8, 4) is 0 Å². The Morgan fingerprint density at radius 3 is 2.80 bits per heavy atom. The van der Waals surface area contributed by atoms with Crippen LogP contribution in [0.25, 0.3) is 0 Å². The van der Waals surface area contributed by atoms with Gasteiger partial charge in [0.1, 0.15) is 5.76 Å². The van der Waals surface area contributed by atoms with Gasteiger partial charge in [0.15, 0.2) is 0 Å². The third-order valence-corrected chi connectivity index (χ3v) is 4.71. The summed E-state index contributed by atoms with van der Waals surface area (Å²) in [5.41, 5.74) is 7.14. The molecular weight excluding hydrogens is 298 g/mol. The van der Waals surface area contributed by atoms with E-state index < -0.39 is 0 Å². The molecular formula is C10H9BrClNOS. The number of furan rings is 1. The Morgan fingerprint density at radius 2 is 2.33 bits per heavy atom. The van der Waals surface area contributed by atoms with Crippen LogP contribution in [0.2, 0.25) is 5.02 Å². The van der Waals surface area contributed by atoms with Crippen molar-refractivity contribution in [3.63, 3.8) is 0 Å². The summed E-state index contributed by atoms with van der Waals surface area (Å²) in [5.74, 6) is 0.792. The van der Waals surface area contributed by atoms with Gasteiger partial charge in [-0.3, -0.25) is 0 Å². The van der Waals surface area contributed by atoms with Crippen molar-refractivity contribution in [3.05, 3.63) is 43.4 Å². The fourth-order valence-corrected chi connectivity index (χ4v) is 3.10. The summed E-state index contributed by atoms with van der Waals surface area (Å²) in [6, 6.07) is 3.52. The highest BCUT2D eigenvalue weighted by molar-refractivity contribution is 9.11. The van der Waals surface area contributed by atoms with Crippen LogP contribution in [0.15, 0.2) is 26.6 Å². The van der Waals surface area contributed by atoms with Crippen molar-refractivity contribution in [1.29, 1.82) is 0 Å². The number of hydrogen-bond acceptors (Lipinski definition) is 3. The van der Waals surface area contributed by atoms with E-state index in [1.165, 1.54) is 11.3 Å². The maximum atomic E-state index is 6.08. The summed E-state index contributed by atoms with van der Waals surface area (Å²) < 4.78 is 6.25. The number of halogens is 2. The van der Waals surface area contributed by atoms with Crippen LogP contribution in [0.5, 0.6) is 0 Å². The SMILES string of the molecule is Cc1ccoc1C(N)c1cc(Cl)c(Br)s1. The zero-order valence-electron chi connectivity index (χ0n) is 7.96. The summed E-state index contributed by atoms with van der Waals surface area (Å²) in [5, 5.41) is 0.689. The van der Waals surface area contributed by atoms with E-state index in [4.69, 9.17) is 21.8 Å². The first-order chi connectivity index (χ1) is 7.09. The van der Waals surface area contributed by atoms with E-state index in [1.807, 2.05) is 19.1 Å². The van der Waals surface area contributed by atoms with Gasteiger partial charge >= 0.3 is 0 Å². The smallest absolute Gasteiger partial charge is 0.128 e. The molecule has 0 fully saturated rings. The van der Waals surface area contributed by atoms with Crippen molar-refractivity contribution >= 4 is 38.9 Å². The molecule has 0 saturated heterocycles. The second kappa shape index (κ2) is 4.29. The highest BCUT2D eigenvalue weighted by atomic mass is 79.9. The molecule has 5 heteroatoms. The highest BCUT2D eigenvalue weighted by Crippen LogP contribution is 2.37. The molecule has 0 aliphatic carbocycles. The van der Waals surface area contributed by atoms with Crippen LogP contribution in [0.3, 0.4) is 0 Å². The molecule has 1 atom stereocenters. The van der Waals surface area contributed by atoms with E-state index in [2.05, 4.69) is 15.9 Å². The predicted molar refractivity (Wildman–Crippen MR) is 66.5 cm³/mol. The lowest BCUT2D eigenvalue weighted by molar-refractivity contribution is 0.489. The lowest BCUT2D eigenvalue weighted by atomic mass is 10.1. The number of nitrogens with two attached hydrogens (primary N) is 1.